The summed E-state index contributed by atoms with van der Waals surface area (Å²) in [4.78, 5) is 0.405. The normalized spacial score (nSPS) is 10.6. The maximum atomic E-state index is 11.8. The van der Waals surface area contributed by atoms with Gasteiger partial charge in [0.1, 0.15) is 5.75 Å². The van der Waals surface area contributed by atoms with Gasteiger partial charge in [-0.3, -0.25) is 0 Å². The molecule has 0 atom stereocenters. The van der Waals surface area contributed by atoms with E-state index in [1.165, 1.54) is 12.1 Å². The maximum absolute atomic E-state index is 11.8. The van der Waals surface area contributed by atoms with Crippen LogP contribution in [0.4, 0.5) is 13.2 Å². The first-order valence-corrected chi connectivity index (χ1v) is 4.37. The molecule has 0 saturated heterocycles. The molecule has 1 aromatic rings. The average molecular weight is 297 g/mol. The molecule has 74 valence electrons. The van der Waals surface area contributed by atoms with Crippen molar-refractivity contribution in [1.29, 1.82) is 0 Å². The molecule has 0 heterocycles. The van der Waals surface area contributed by atoms with Crippen molar-refractivity contribution in [3.8, 4) is 5.75 Å². The zero-order chi connectivity index (χ0) is 10.1. The molecule has 14 heavy (non-hydrogen) atoms. The summed E-state index contributed by atoms with van der Waals surface area (Å²) < 4.78 is 39.3. The van der Waals surface area contributed by atoms with Crippen molar-refractivity contribution < 1.29 is 48.9 Å². The van der Waals surface area contributed by atoms with Crippen LogP contribution in [0.25, 0.3) is 0 Å². The van der Waals surface area contributed by atoms with E-state index in [-0.39, 0.29) is 41.2 Å². The van der Waals surface area contributed by atoms with Gasteiger partial charge in [0.15, 0.2) is 0 Å². The molecule has 0 aliphatic heterocycles. The Morgan fingerprint density at radius 2 is 1.93 bits per heavy atom. The van der Waals surface area contributed by atoms with Crippen molar-refractivity contribution in [1.82, 2.24) is 0 Å². The van der Waals surface area contributed by atoms with E-state index < -0.39 is 6.36 Å². The third-order valence-electron chi connectivity index (χ3n) is 1.14. The summed E-state index contributed by atoms with van der Waals surface area (Å²) in [6.45, 7) is 0. The van der Waals surface area contributed by atoms with E-state index in [0.29, 0.717) is 4.90 Å². The number of thiol groups is 1. The molecular weight excluding hydrogens is 292 g/mol. The third-order valence-corrected chi connectivity index (χ3v) is 2.07. The van der Waals surface area contributed by atoms with Gasteiger partial charge in [-0.25, -0.2) is 0 Å². The molecule has 0 amide bonds. The summed E-state index contributed by atoms with van der Waals surface area (Å²) in [5.74, 6) is -0.292. The summed E-state index contributed by atoms with van der Waals surface area (Å²) in [5.41, 5.74) is 0. The molecule has 0 N–H and O–H groups in total. The van der Waals surface area contributed by atoms with Crippen LogP contribution < -0.4 is 34.3 Å². The second-order valence-electron chi connectivity index (χ2n) is 2.16. The Morgan fingerprint density at radius 1 is 1.36 bits per heavy atom. The van der Waals surface area contributed by atoms with Gasteiger partial charge in [0.2, 0.25) is 0 Å². The number of hydrogen-bond acceptors (Lipinski definition) is 2. The summed E-state index contributed by atoms with van der Waals surface area (Å²) in [7, 11) is 0. The fourth-order valence-electron chi connectivity index (χ4n) is 0.695. The summed E-state index contributed by atoms with van der Waals surface area (Å²) in [6.07, 6.45) is -4.68. The SMILES string of the molecule is FC(F)(F)Oc1cc(S)ccc1Br.[H-].[Na+]. The summed E-state index contributed by atoms with van der Waals surface area (Å²) >= 11 is 6.81. The average Bonchev–Trinajstić information content (AvgIpc) is 1.94. The Kier molecular flexibility index (Phi) is 5.91. The molecule has 0 aromatic heterocycles. The van der Waals surface area contributed by atoms with Crippen molar-refractivity contribution in [3.63, 3.8) is 0 Å². The van der Waals surface area contributed by atoms with E-state index in [1.54, 1.807) is 6.07 Å². The minimum Gasteiger partial charge on any atom is -1.00 e. The minimum atomic E-state index is -4.68. The number of rotatable bonds is 1. The standard InChI is InChI=1S/C7H4BrF3OS.Na.H/c8-5-2-1-4(13)3-6(5)12-7(9,10)11;;/h1-3,13H;;/q;+1;-1. The molecule has 0 unspecified atom stereocenters. The van der Waals surface area contributed by atoms with Gasteiger partial charge in [-0.1, -0.05) is 0 Å². The van der Waals surface area contributed by atoms with Gasteiger partial charge < -0.3 is 6.16 Å². The van der Waals surface area contributed by atoms with Gasteiger partial charge in [-0.2, -0.15) is 0 Å². The van der Waals surface area contributed by atoms with Crippen molar-refractivity contribution in [3.05, 3.63) is 22.7 Å². The van der Waals surface area contributed by atoms with Crippen LogP contribution >= 0.6 is 28.6 Å². The van der Waals surface area contributed by atoms with E-state index in [1.807, 2.05) is 0 Å². The van der Waals surface area contributed by atoms with Crippen LogP contribution in [0.5, 0.6) is 5.75 Å². The van der Waals surface area contributed by atoms with Crippen LogP contribution in [0.3, 0.4) is 0 Å². The number of hydrogen-bond donors (Lipinski definition) is 1. The second kappa shape index (κ2) is 5.65. The molecule has 0 spiro atoms. The molecular formula is C7H5BrF3NaOS. The third kappa shape index (κ3) is 4.93. The van der Waals surface area contributed by atoms with E-state index in [4.69, 9.17) is 0 Å². The molecule has 0 radical (unpaired) electrons. The molecule has 1 aromatic carbocycles. The smallest absolute Gasteiger partial charge is 1.00 e. The van der Waals surface area contributed by atoms with E-state index in [0.717, 1.165) is 0 Å². The fraction of sp³-hybridized carbons (Fsp3) is 0.143. The largest absolute Gasteiger partial charge is 1.00 e. The Hall–Kier alpha value is 0.640. The molecule has 1 rings (SSSR count). The van der Waals surface area contributed by atoms with Gasteiger partial charge in [0.25, 0.3) is 0 Å². The summed E-state index contributed by atoms with van der Waals surface area (Å²) in [5, 5.41) is 0. The quantitative estimate of drug-likeness (QED) is 0.594. The fourth-order valence-corrected chi connectivity index (χ4v) is 1.21. The van der Waals surface area contributed by atoms with Crippen molar-refractivity contribution >= 4 is 28.6 Å². The number of halogens is 4. The van der Waals surface area contributed by atoms with Crippen molar-refractivity contribution in [2.45, 2.75) is 11.3 Å². The van der Waals surface area contributed by atoms with Gasteiger partial charge in [0, 0.05) is 4.90 Å². The number of ether oxygens (including phenoxy) is 1. The second-order valence-corrected chi connectivity index (χ2v) is 3.53. The van der Waals surface area contributed by atoms with Crippen molar-refractivity contribution in [2.75, 3.05) is 0 Å². The zero-order valence-corrected chi connectivity index (χ0v) is 11.6. The molecule has 7 heteroatoms. The van der Waals surface area contributed by atoms with E-state index in [2.05, 4.69) is 33.3 Å². The molecule has 0 aliphatic rings. The zero-order valence-electron chi connectivity index (χ0n) is 8.10. The molecule has 0 aliphatic carbocycles. The Morgan fingerprint density at radius 3 is 2.43 bits per heavy atom. The number of alkyl halides is 3. The Labute approximate surface area is 116 Å². The van der Waals surface area contributed by atoms with Crippen LogP contribution in [0.2, 0.25) is 0 Å². The molecule has 0 bridgehead atoms. The van der Waals surface area contributed by atoms with E-state index in [9.17, 15) is 13.2 Å². The molecule has 0 fully saturated rings. The first-order valence-electron chi connectivity index (χ1n) is 3.13. The topological polar surface area (TPSA) is 9.23 Å². The molecule has 1 nitrogen and oxygen atoms in total. The van der Waals surface area contributed by atoms with Crippen LogP contribution in [0.1, 0.15) is 1.43 Å². The molecule has 0 saturated carbocycles. The van der Waals surface area contributed by atoms with Crippen LogP contribution in [-0.4, -0.2) is 6.36 Å². The number of benzene rings is 1. The van der Waals surface area contributed by atoms with Gasteiger partial charge in [-0.15, -0.1) is 25.8 Å². The van der Waals surface area contributed by atoms with Crippen LogP contribution in [0.15, 0.2) is 27.6 Å². The minimum absolute atomic E-state index is 0. The van der Waals surface area contributed by atoms with E-state index >= 15 is 0 Å². The Balaban J connectivity index is 0. The summed E-state index contributed by atoms with van der Waals surface area (Å²) in [6, 6.07) is 4.17. The predicted molar refractivity (Wildman–Crippen MR) is 49.2 cm³/mol. The van der Waals surface area contributed by atoms with Crippen LogP contribution in [-0.2, 0) is 0 Å². The van der Waals surface area contributed by atoms with Gasteiger partial charge >= 0.3 is 35.9 Å². The first-order chi connectivity index (χ1) is 5.88. The van der Waals surface area contributed by atoms with Crippen LogP contribution in [0, 0.1) is 0 Å². The maximum Gasteiger partial charge on any atom is 1.00 e. The van der Waals surface area contributed by atoms with Crippen molar-refractivity contribution in [2.24, 2.45) is 0 Å². The monoisotopic (exact) mass is 296 g/mol. The van der Waals surface area contributed by atoms with Gasteiger partial charge in [-0.05, 0) is 34.1 Å². The Bertz CT molecular complexity index is 324. The van der Waals surface area contributed by atoms with Gasteiger partial charge in [0.05, 0.1) is 4.47 Å². The predicted octanol–water partition coefficient (Wildman–Crippen LogP) is 0.753. The first kappa shape index (κ1) is 14.6.